The van der Waals surface area contributed by atoms with Crippen LogP contribution in [0.4, 0.5) is 4.39 Å². The van der Waals surface area contributed by atoms with Crippen molar-refractivity contribution in [1.29, 1.82) is 0 Å². The topological polar surface area (TPSA) is 55.4 Å². The predicted octanol–water partition coefficient (Wildman–Crippen LogP) is 0.166. The molecule has 0 aliphatic heterocycles. The molecule has 0 atom stereocenters. The number of hydrogen-bond acceptors (Lipinski definition) is 3. The molecule has 1 saturated carbocycles. The molecule has 74 valence electrons. The molecular weight excluding hydrogens is 176 g/mol. The molecule has 0 saturated heterocycles. The minimum atomic E-state index is -1.11. The Kier molecular flexibility index (Phi) is 2.54. The van der Waals surface area contributed by atoms with Crippen LogP contribution in [-0.2, 0) is 14.3 Å². The van der Waals surface area contributed by atoms with Gasteiger partial charge in [0.05, 0.1) is 7.11 Å². The first-order chi connectivity index (χ1) is 6.00. The quantitative estimate of drug-likeness (QED) is 0.628. The lowest BCUT2D eigenvalue weighted by Gasteiger charge is -2.41. The zero-order chi connectivity index (χ0) is 10.1. The third-order valence-electron chi connectivity index (χ3n) is 2.13. The smallest absolute Gasteiger partial charge is 0.331 e. The highest BCUT2D eigenvalue weighted by atomic mass is 18.2. The normalized spacial score (nSPS) is 31.8. The van der Waals surface area contributed by atoms with Crippen LogP contribution in [0.25, 0.3) is 0 Å². The number of methoxy groups -OCH3 is 1. The third-order valence-corrected chi connectivity index (χ3v) is 2.13. The van der Waals surface area contributed by atoms with Gasteiger partial charge in [-0.25, -0.2) is 9.18 Å². The molecule has 0 aromatic carbocycles. The molecule has 0 bridgehead atoms. The van der Waals surface area contributed by atoms with Gasteiger partial charge in [-0.05, 0) is 0 Å². The van der Waals surface area contributed by atoms with E-state index >= 15 is 0 Å². The summed E-state index contributed by atoms with van der Waals surface area (Å²) in [4.78, 5) is 21.9. The zero-order valence-corrected chi connectivity index (χ0v) is 7.59. The van der Waals surface area contributed by atoms with Crippen molar-refractivity contribution in [2.24, 2.45) is 0 Å². The lowest BCUT2D eigenvalue weighted by molar-refractivity contribution is -0.158. The molecule has 1 amide bonds. The van der Waals surface area contributed by atoms with E-state index in [1.165, 1.54) is 14.0 Å². The van der Waals surface area contributed by atoms with Gasteiger partial charge < -0.3 is 10.1 Å². The number of nitrogens with one attached hydrogen (secondary N) is 1. The molecular formula is C8H12FNO3. The number of rotatable bonds is 2. The Morgan fingerprint density at radius 1 is 1.54 bits per heavy atom. The predicted molar refractivity (Wildman–Crippen MR) is 42.7 cm³/mol. The molecule has 13 heavy (non-hydrogen) atoms. The number of halogens is 1. The highest BCUT2D eigenvalue weighted by molar-refractivity contribution is 5.88. The molecule has 4 nitrogen and oxygen atoms in total. The van der Waals surface area contributed by atoms with Crippen molar-refractivity contribution >= 4 is 11.9 Å². The molecule has 0 aromatic rings. The number of carbonyl (C=O) groups is 2. The van der Waals surface area contributed by atoms with Crippen LogP contribution in [0, 0.1) is 0 Å². The molecule has 1 aliphatic rings. The van der Waals surface area contributed by atoms with Crippen molar-refractivity contribution < 1.29 is 18.7 Å². The van der Waals surface area contributed by atoms with Crippen molar-refractivity contribution in [3.05, 3.63) is 0 Å². The molecule has 0 radical (unpaired) electrons. The summed E-state index contributed by atoms with van der Waals surface area (Å²) in [6, 6.07) is 0. The minimum absolute atomic E-state index is 0.0131. The first-order valence-electron chi connectivity index (χ1n) is 4.01. The Hall–Kier alpha value is -1.13. The highest BCUT2D eigenvalue weighted by Crippen LogP contribution is 2.35. The van der Waals surface area contributed by atoms with Crippen molar-refractivity contribution in [3.63, 3.8) is 0 Å². The Labute approximate surface area is 75.4 Å². The second-order valence-corrected chi connectivity index (χ2v) is 3.26. The molecule has 5 heteroatoms. The average Bonchev–Trinajstić information content (AvgIpc) is 1.98. The first-order valence-corrected chi connectivity index (χ1v) is 4.01. The van der Waals surface area contributed by atoms with E-state index in [2.05, 4.69) is 10.1 Å². The van der Waals surface area contributed by atoms with Crippen LogP contribution in [0.1, 0.15) is 19.8 Å². The number of esters is 1. The van der Waals surface area contributed by atoms with Crippen LogP contribution >= 0.6 is 0 Å². The fourth-order valence-electron chi connectivity index (χ4n) is 1.55. The second kappa shape index (κ2) is 3.32. The van der Waals surface area contributed by atoms with E-state index in [0.717, 1.165) is 0 Å². The van der Waals surface area contributed by atoms with Gasteiger partial charge in [-0.1, -0.05) is 0 Å². The summed E-state index contributed by atoms with van der Waals surface area (Å²) in [5, 5.41) is 2.42. The molecule has 0 aromatic heterocycles. The maximum Gasteiger partial charge on any atom is 0.331 e. The largest absolute Gasteiger partial charge is 0.467 e. The van der Waals surface area contributed by atoms with Gasteiger partial charge in [0.1, 0.15) is 11.7 Å². The monoisotopic (exact) mass is 188 g/mol. The number of hydrogen-bond donors (Lipinski definition) is 1. The molecule has 1 fully saturated rings. The highest BCUT2D eigenvalue weighted by Gasteiger charge is 2.52. The first kappa shape index (κ1) is 9.95. The Morgan fingerprint density at radius 3 is 2.38 bits per heavy atom. The third kappa shape index (κ3) is 1.79. The summed E-state index contributed by atoms with van der Waals surface area (Å²) in [6.45, 7) is 1.29. The van der Waals surface area contributed by atoms with Gasteiger partial charge in [0.2, 0.25) is 5.91 Å². The second-order valence-electron chi connectivity index (χ2n) is 3.26. The molecule has 1 N–H and O–H groups in total. The summed E-state index contributed by atoms with van der Waals surface area (Å²) >= 11 is 0. The molecule has 0 heterocycles. The van der Waals surface area contributed by atoms with Crippen LogP contribution in [0.2, 0.25) is 0 Å². The van der Waals surface area contributed by atoms with Gasteiger partial charge in [0, 0.05) is 19.8 Å². The number of ether oxygens (including phenoxy) is 1. The van der Waals surface area contributed by atoms with E-state index in [4.69, 9.17) is 0 Å². The van der Waals surface area contributed by atoms with Gasteiger partial charge in [-0.15, -0.1) is 0 Å². The van der Waals surface area contributed by atoms with Crippen molar-refractivity contribution in [2.45, 2.75) is 31.5 Å². The van der Waals surface area contributed by atoms with Gasteiger partial charge in [-0.2, -0.15) is 0 Å². The lowest BCUT2D eigenvalue weighted by atomic mass is 9.75. The van der Waals surface area contributed by atoms with E-state index < -0.39 is 17.7 Å². The molecule has 0 unspecified atom stereocenters. The van der Waals surface area contributed by atoms with Crippen molar-refractivity contribution in [1.82, 2.24) is 5.32 Å². The molecule has 1 rings (SSSR count). The van der Waals surface area contributed by atoms with Crippen LogP contribution in [-0.4, -0.2) is 30.7 Å². The fourth-order valence-corrected chi connectivity index (χ4v) is 1.55. The maximum absolute atomic E-state index is 12.6. The van der Waals surface area contributed by atoms with Crippen LogP contribution < -0.4 is 5.32 Å². The average molecular weight is 188 g/mol. The van der Waals surface area contributed by atoms with Crippen LogP contribution in [0.3, 0.4) is 0 Å². The summed E-state index contributed by atoms with van der Waals surface area (Å²) in [7, 11) is 1.22. The Balaban J connectivity index is 2.66. The lowest BCUT2D eigenvalue weighted by Crippen LogP contribution is -2.63. The van der Waals surface area contributed by atoms with Crippen molar-refractivity contribution in [2.75, 3.05) is 7.11 Å². The van der Waals surface area contributed by atoms with Gasteiger partial charge in [-0.3, -0.25) is 4.79 Å². The molecule has 1 aliphatic carbocycles. The summed E-state index contributed by atoms with van der Waals surface area (Å²) < 4.78 is 17.1. The van der Waals surface area contributed by atoms with E-state index in [1.807, 2.05) is 0 Å². The Morgan fingerprint density at radius 2 is 2.08 bits per heavy atom. The summed E-state index contributed by atoms with van der Waals surface area (Å²) in [6.07, 6.45) is -0.996. The van der Waals surface area contributed by atoms with Gasteiger partial charge >= 0.3 is 5.97 Å². The summed E-state index contributed by atoms with van der Waals surface area (Å²) in [5.41, 5.74) is -1.11. The van der Waals surface area contributed by atoms with Crippen molar-refractivity contribution in [3.8, 4) is 0 Å². The number of carbonyl (C=O) groups excluding carboxylic acids is 2. The van der Waals surface area contributed by atoms with Crippen LogP contribution in [0.5, 0.6) is 0 Å². The molecule has 0 spiro atoms. The zero-order valence-electron chi connectivity index (χ0n) is 7.59. The fraction of sp³-hybridized carbons (Fsp3) is 0.750. The van der Waals surface area contributed by atoms with Gasteiger partial charge in [0.25, 0.3) is 0 Å². The number of amides is 1. The van der Waals surface area contributed by atoms with E-state index in [9.17, 15) is 14.0 Å². The maximum atomic E-state index is 12.6. The van der Waals surface area contributed by atoms with Crippen LogP contribution in [0.15, 0.2) is 0 Å². The van der Waals surface area contributed by atoms with E-state index in [1.54, 1.807) is 0 Å². The van der Waals surface area contributed by atoms with E-state index in [0.29, 0.717) is 0 Å². The SMILES string of the molecule is COC(=O)C1(NC(C)=O)CC([18F])C1. The number of alkyl halides is 1. The van der Waals surface area contributed by atoms with E-state index in [-0.39, 0.29) is 18.7 Å². The standard InChI is InChI=1S/C8H12FNO3/c1-5(11)10-8(7(12)13-2)3-6(9)4-8/h6H,3-4H2,1-2H3,(H,10,11)/i9-1. The minimum Gasteiger partial charge on any atom is -0.467 e. The Bertz CT molecular complexity index is 236. The van der Waals surface area contributed by atoms with Gasteiger partial charge in [0.15, 0.2) is 0 Å². The summed E-state index contributed by atoms with van der Waals surface area (Å²) in [5.74, 6) is -0.922.